The van der Waals surface area contributed by atoms with Crippen LogP contribution >= 0.6 is 0 Å². The Morgan fingerprint density at radius 3 is 2.54 bits per heavy atom. The standard InChI is InChI=1S/C16H12F3N3O6/c1-21-15(27)12(14(26)20-6-11(23)24)13(25)9-5-7-8(22(9)21)3-2-4-10(7)28-16(17,18)19/h2-5,25H,6H2,1H3,(H,20,26)(H,23,24). The molecule has 0 aliphatic rings. The molecule has 1 aromatic carbocycles. The van der Waals surface area contributed by atoms with Gasteiger partial charge in [-0.3, -0.25) is 14.4 Å². The van der Waals surface area contributed by atoms with E-state index in [2.05, 4.69) is 4.74 Å². The zero-order chi connectivity index (χ0) is 20.8. The van der Waals surface area contributed by atoms with Crippen LogP contribution in [0.25, 0.3) is 16.4 Å². The minimum atomic E-state index is -4.96. The van der Waals surface area contributed by atoms with Crippen molar-refractivity contribution >= 4 is 28.3 Å². The quantitative estimate of drug-likeness (QED) is 0.606. The molecule has 9 nitrogen and oxygen atoms in total. The first-order valence-corrected chi connectivity index (χ1v) is 7.63. The van der Waals surface area contributed by atoms with Crippen molar-refractivity contribution in [1.29, 1.82) is 0 Å². The SMILES string of the molecule is Cn1c(=O)c(C(=O)NCC(=O)O)c(O)c2cc3c(OC(F)(F)F)cccc3n21. The van der Waals surface area contributed by atoms with Crippen molar-refractivity contribution in [3.8, 4) is 11.5 Å². The van der Waals surface area contributed by atoms with E-state index in [9.17, 15) is 32.7 Å². The van der Waals surface area contributed by atoms with E-state index in [1.165, 1.54) is 19.2 Å². The predicted octanol–water partition coefficient (Wildman–Crippen LogP) is 1.21. The molecule has 3 rings (SSSR count). The van der Waals surface area contributed by atoms with Gasteiger partial charge in [0.15, 0.2) is 5.75 Å². The maximum absolute atomic E-state index is 12.6. The van der Waals surface area contributed by atoms with Gasteiger partial charge < -0.3 is 20.3 Å². The largest absolute Gasteiger partial charge is 0.573 e. The summed E-state index contributed by atoms with van der Waals surface area (Å²) in [6.45, 7) is -0.792. The number of alkyl halides is 3. The van der Waals surface area contributed by atoms with Gasteiger partial charge in [-0.2, -0.15) is 0 Å². The Bertz CT molecular complexity index is 1180. The van der Waals surface area contributed by atoms with Crippen LogP contribution in [0.15, 0.2) is 29.1 Å². The first-order chi connectivity index (χ1) is 13.0. The third-order valence-electron chi connectivity index (χ3n) is 3.92. The first kappa shape index (κ1) is 19.1. The lowest BCUT2D eigenvalue weighted by molar-refractivity contribution is -0.274. The third-order valence-corrected chi connectivity index (χ3v) is 3.92. The number of carbonyl (C=O) groups is 2. The number of carbonyl (C=O) groups excluding carboxylic acids is 1. The van der Waals surface area contributed by atoms with Crippen LogP contribution < -0.4 is 15.6 Å². The van der Waals surface area contributed by atoms with E-state index in [-0.39, 0.29) is 16.4 Å². The molecule has 28 heavy (non-hydrogen) atoms. The molecule has 0 aliphatic heterocycles. The highest BCUT2D eigenvalue weighted by Crippen LogP contribution is 2.35. The van der Waals surface area contributed by atoms with Crippen LogP contribution in [0.3, 0.4) is 0 Å². The number of halogens is 3. The number of carboxylic acids is 1. The van der Waals surface area contributed by atoms with Crippen molar-refractivity contribution in [2.75, 3.05) is 6.54 Å². The number of rotatable bonds is 4. The van der Waals surface area contributed by atoms with E-state index in [4.69, 9.17) is 5.11 Å². The van der Waals surface area contributed by atoms with E-state index in [1.807, 2.05) is 5.32 Å². The molecule has 0 atom stereocenters. The number of nitrogens with zero attached hydrogens (tertiary/aromatic N) is 2. The number of benzene rings is 1. The number of amides is 1. The second kappa shape index (κ2) is 6.48. The second-order valence-electron chi connectivity index (χ2n) is 5.71. The van der Waals surface area contributed by atoms with Gasteiger partial charge in [-0.15, -0.1) is 13.2 Å². The zero-order valence-corrected chi connectivity index (χ0v) is 14.1. The van der Waals surface area contributed by atoms with Crippen molar-refractivity contribution in [3.63, 3.8) is 0 Å². The molecule has 2 heterocycles. The molecule has 0 fully saturated rings. The maximum atomic E-state index is 12.6. The lowest BCUT2D eigenvalue weighted by Gasteiger charge is -2.12. The summed E-state index contributed by atoms with van der Waals surface area (Å²) >= 11 is 0. The molecule has 1 amide bonds. The summed E-state index contributed by atoms with van der Waals surface area (Å²) < 4.78 is 43.9. The summed E-state index contributed by atoms with van der Waals surface area (Å²) in [7, 11) is 1.24. The Kier molecular flexibility index (Phi) is 4.41. The smallest absolute Gasteiger partial charge is 0.505 e. The molecule has 0 bridgehead atoms. The van der Waals surface area contributed by atoms with E-state index in [1.54, 1.807) is 0 Å². The predicted molar refractivity (Wildman–Crippen MR) is 88.5 cm³/mol. The summed E-state index contributed by atoms with van der Waals surface area (Å²) in [5.41, 5.74) is -1.75. The molecule has 3 N–H and O–H groups in total. The number of fused-ring (bicyclic) bond motifs is 3. The maximum Gasteiger partial charge on any atom is 0.573 e. The van der Waals surface area contributed by atoms with Crippen molar-refractivity contribution in [2.24, 2.45) is 7.05 Å². The lowest BCUT2D eigenvalue weighted by atomic mass is 10.2. The number of carboxylic acid groups (broad SMARTS) is 1. The highest BCUT2D eigenvalue weighted by Gasteiger charge is 2.32. The molecule has 0 saturated carbocycles. The molecular weight excluding hydrogens is 387 g/mol. The molecule has 148 valence electrons. The summed E-state index contributed by atoms with van der Waals surface area (Å²) in [6.07, 6.45) is -4.96. The minimum Gasteiger partial charge on any atom is -0.505 e. The Morgan fingerprint density at radius 1 is 1.25 bits per heavy atom. The highest BCUT2D eigenvalue weighted by molar-refractivity contribution is 6.02. The number of aromatic nitrogens is 2. The second-order valence-corrected chi connectivity index (χ2v) is 5.71. The number of hydrogen-bond acceptors (Lipinski definition) is 5. The number of aryl methyl sites for hydroxylation is 1. The van der Waals surface area contributed by atoms with Gasteiger partial charge >= 0.3 is 12.3 Å². The van der Waals surface area contributed by atoms with Crippen LogP contribution in [0.5, 0.6) is 11.5 Å². The van der Waals surface area contributed by atoms with Crippen molar-refractivity contribution in [1.82, 2.24) is 14.5 Å². The Balaban J connectivity index is 2.28. The minimum absolute atomic E-state index is 0.0618. The Morgan fingerprint density at radius 2 is 1.93 bits per heavy atom. The van der Waals surface area contributed by atoms with E-state index in [0.29, 0.717) is 0 Å². The Hall–Kier alpha value is -3.70. The van der Waals surface area contributed by atoms with Gasteiger partial charge in [0.25, 0.3) is 11.5 Å². The van der Waals surface area contributed by atoms with Crippen molar-refractivity contribution < 1.29 is 37.7 Å². The highest BCUT2D eigenvalue weighted by atomic mass is 19.4. The average Bonchev–Trinajstić information content (AvgIpc) is 2.98. The van der Waals surface area contributed by atoms with Gasteiger partial charge in [0.05, 0.1) is 5.52 Å². The molecule has 0 spiro atoms. The number of aromatic hydroxyl groups is 1. The molecule has 0 saturated heterocycles. The number of hydrogen-bond donors (Lipinski definition) is 3. The fourth-order valence-corrected chi connectivity index (χ4v) is 2.83. The molecule has 3 aromatic rings. The topological polar surface area (TPSA) is 122 Å². The monoisotopic (exact) mass is 399 g/mol. The Labute approximate surface area is 153 Å². The normalized spacial score (nSPS) is 11.7. The summed E-state index contributed by atoms with van der Waals surface area (Å²) in [4.78, 5) is 35.2. The van der Waals surface area contributed by atoms with Gasteiger partial charge in [-0.05, 0) is 18.2 Å². The van der Waals surface area contributed by atoms with E-state index < -0.39 is 47.4 Å². The molecule has 0 unspecified atom stereocenters. The van der Waals surface area contributed by atoms with Gasteiger partial charge in [0.2, 0.25) is 0 Å². The van der Waals surface area contributed by atoms with Crippen LogP contribution in [0.4, 0.5) is 13.2 Å². The van der Waals surface area contributed by atoms with Crippen LogP contribution in [-0.2, 0) is 11.8 Å². The fraction of sp³-hybridized carbons (Fsp3) is 0.188. The number of aliphatic carboxylic acids is 1. The van der Waals surface area contributed by atoms with Crippen molar-refractivity contribution in [2.45, 2.75) is 6.36 Å². The number of ether oxygens (including phenoxy) is 1. The summed E-state index contributed by atoms with van der Waals surface area (Å²) in [5, 5.41) is 20.9. The van der Waals surface area contributed by atoms with Gasteiger partial charge in [0, 0.05) is 12.4 Å². The van der Waals surface area contributed by atoms with Crippen molar-refractivity contribution in [3.05, 3.63) is 40.2 Å². The van der Waals surface area contributed by atoms with Crippen LogP contribution in [-0.4, -0.2) is 44.2 Å². The molecule has 0 radical (unpaired) electrons. The van der Waals surface area contributed by atoms with Gasteiger partial charge in [0.1, 0.15) is 23.4 Å². The molecular formula is C16H12F3N3O6. The number of nitrogens with one attached hydrogen (secondary N) is 1. The molecule has 0 aliphatic carbocycles. The molecule has 12 heteroatoms. The zero-order valence-electron chi connectivity index (χ0n) is 14.1. The third kappa shape index (κ3) is 3.19. The van der Waals surface area contributed by atoms with E-state index in [0.717, 1.165) is 21.3 Å². The first-order valence-electron chi connectivity index (χ1n) is 7.63. The average molecular weight is 399 g/mol. The van der Waals surface area contributed by atoms with Crippen LogP contribution in [0.1, 0.15) is 10.4 Å². The molecule has 2 aromatic heterocycles. The van der Waals surface area contributed by atoms with Gasteiger partial charge in [-0.1, -0.05) is 6.07 Å². The van der Waals surface area contributed by atoms with Crippen LogP contribution in [0.2, 0.25) is 0 Å². The fourth-order valence-electron chi connectivity index (χ4n) is 2.83. The van der Waals surface area contributed by atoms with E-state index >= 15 is 0 Å². The van der Waals surface area contributed by atoms with Gasteiger partial charge in [-0.25, -0.2) is 9.20 Å². The summed E-state index contributed by atoms with van der Waals surface area (Å²) in [6, 6.07) is 4.85. The van der Waals surface area contributed by atoms with Crippen LogP contribution in [0, 0.1) is 0 Å². The summed E-state index contributed by atoms with van der Waals surface area (Å²) in [5.74, 6) is -3.87. The lowest BCUT2D eigenvalue weighted by Crippen LogP contribution is -2.36.